The number of carbonyl (C=O) groups is 1. The fraction of sp³-hybridized carbons (Fsp3) is 0.611. The van der Waals surface area contributed by atoms with Crippen LogP contribution in [0.3, 0.4) is 0 Å². The van der Waals surface area contributed by atoms with Crippen molar-refractivity contribution in [2.45, 2.75) is 37.5 Å². The second-order valence-corrected chi connectivity index (χ2v) is 8.75. The predicted molar refractivity (Wildman–Crippen MR) is 96.9 cm³/mol. The molecule has 0 spiro atoms. The highest BCUT2D eigenvalue weighted by atomic mass is 32.2. The third kappa shape index (κ3) is 4.59. The van der Waals surface area contributed by atoms with Crippen LogP contribution in [0.2, 0.25) is 0 Å². The van der Waals surface area contributed by atoms with Gasteiger partial charge in [-0.15, -0.1) is 0 Å². The Bertz CT molecular complexity index is 727. The van der Waals surface area contributed by atoms with Crippen molar-refractivity contribution in [3.8, 4) is 0 Å². The van der Waals surface area contributed by atoms with Crippen LogP contribution in [0.4, 0.5) is 0 Å². The van der Waals surface area contributed by atoms with Crippen LogP contribution >= 0.6 is 0 Å². The monoisotopic (exact) mass is 365 g/mol. The van der Waals surface area contributed by atoms with Crippen molar-refractivity contribution in [2.75, 3.05) is 32.7 Å². The van der Waals surface area contributed by atoms with E-state index in [1.54, 1.807) is 19.1 Å². The van der Waals surface area contributed by atoms with Crippen LogP contribution in [-0.2, 0) is 27.7 Å². The lowest BCUT2D eigenvalue weighted by Crippen LogP contribution is -2.30. The Morgan fingerprint density at radius 1 is 1.28 bits per heavy atom. The smallest absolute Gasteiger partial charge is 0.240 e. The molecule has 1 fully saturated rings. The van der Waals surface area contributed by atoms with Gasteiger partial charge < -0.3 is 10.2 Å². The minimum absolute atomic E-state index is 0.0729. The Morgan fingerprint density at radius 2 is 2.04 bits per heavy atom. The number of amides is 1. The standard InChI is InChI=1S/C18H27N3O3S/c1-14(22)21-10-6-16-2-3-18(12-17(16)7-11-21)25(23,24)20-9-5-15-4-8-19-13-15/h2-3,12,15,19-20H,4-11,13H2,1H3. The molecule has 1 amide bonds. The van der Waals surface area contributed by atoms with Gasteiger partial charge in [-0.2, -0.15) is 0 Å². The van der Waals surface area contributed by atoms with Gasteiger partial charge in [-0.3, -0.25) is 4.79 Å². The fourth-order valence-electron chi connectivity index (χ4n) is 3.63. The normalized spacial score (nSPS) is 21.0. The summed E-state index contributed by atoms with van der Waals surface area (Å²) in [6.07, 6.45) is 3.46. The lowest BCUT2D eigenvalue weighted by Gasteiger charge is -2.17. The van der Waals surface area contributed by atoms with E-state index in [2.05, 4.69) is 10.0 Å². The van der Waals surface area contributed by atoms with E-state index in [4.69, 9.17) is 0 Å². The molecule has 138 valence electrons. The van der Waals surface area contributed by atoms with Gasteiger partial charge in [0.25, 0.3) is 0 Å². The SMILES string of the molecule is CC(=O)N1CCc2ccc(S(=O)(=O)NCCC3CCNC3)cc2CC1. The van der Waals surface area contributed by atoms with Gasteiger partial charge in [-0.25, -0.2) is 13.1 Å². The summed E-state index contributed by atoms with van der Waals surface area (Å²) in [6.45, 7) is 5.41. The minimum atomic E-state index is -3.48. The van der Waals surface area contributed by atoms with Crippen LogP contribution < -0.4 is 10.0 Å². The van der Waals surface area contributed by atoms with Crippen LogP contribution in [0.15, 0.2) is 23.1 Å². The molecule has 6 nitrogen and oxygen atoms in total. The largest absolute Gasteiger partial charge is 0.342 e. The lowest BCUT2D eigenvalue weighted by atomic mass is 10.0. The van der Waals surface area contributed by atoms with Crippen molar-refractivity contribution in [3.63, 3.8) is 0 Å². The van der Waals surface area contributed by atoms with Gasteiger partial charge in [-0.1, -0.05) is 6.07 Å². The molecular formula is C18H27N3O3S. The zero-order valence-electron chi connectivity index (χ0n) is 14.8. The lowest BCUT2D eigenvalue weighted by molar-refractivity contribution is -0.128. The second kappa shape index (κ2) is 7.85. The van der Waals surface area contributed by atoms with Crippen LogP contribution in [0.5, 0.6) is 0 Å². The molecule has 1 aromatic rings. The van der Waals surface area contributed by atoms with Gasteiger partial charge in [-0.05, 0) is 68.0 Å². The molecule has 0 aliphatic carbocycles. The van der Waals surface area contributed by atoms with Crippen molar-refractivity contribution in [1.82, 2.24) is 14.9 Å². The number of sulfonamides is 1. The first kappa shape index (κ1) is 18.4. The molecule has 1 saturated heterocycles. The molecule has 1 atom stereocenters. The van der Waals surface area contributed by atoms with Gasteiger partial charge in [0.2, 0.25) is 15.9 Å². The number of hydrogen-bond acceptors (Lipinski definition) is 4. The fourth-order valence-corrected chi connectivity index (χ4v) is 4.72. The molecular weight excluding hydrogens is 338 g/mol. The Kier molecular flexibility index (Phi) is 5.76. The summed E-state index contributed by atoms with van der Waals surface area (Å²) in [6, 6.07) is 5.36. The summed E-state index contributed by atoms with van der Waals surface area (Å²) in [5.41, 5.74) is 2.17. The molecule has 2 aliphatic rings. The van der Waals surface area contributed by atoms with Crippen molar-refractivity contribution in [2.24, 2.45) is 5.92 Å². The predicted octanol–water partition coefficient (Wildman–Crippen LogP) is 0.912. The van der Waals surface area contributed by atoms with Gasteiger partial charge in [0.05, 0.1) is 4.90 Å². The van der Waals surface area contributed by atoms with Gasteiger partial charge in [0.1, 0.15) is 0 Å². The van der Waals surface area contributed by atoms with E-state index >= 15 is 0 Å². The van der Waals surface area contributed by atoms with Gasteiger partial charge in [0.15, 0.2) is 0 Å². The number of hydrogen-bond donors (Lipinski definition) is 2. The molecule has 2 N–H and O–H groups in total. The number of carbonyl (C=O) groups excluding carboxylic acids is 1. The molecule has 1 unspecified atom stereocenters. The van der Waals surface area contributed by atoms with E-state index < -0.39 is 10.0 Å². The van der Waals surface area contributed by atoms with E-state index in [1.165, 1.54) is 0 Å². The summed E-state index contributed by atoms with van der Waals surface area (Å²) in [5, 5.41) is 3.30. The number of nitrogens with one attached hydrogen (secondary N) is 2. The van der Waals surface area contributed by atoms with Crippen LogP contribution in [-0.4, -0.2) is 51.9 Å². The Balaban J connectivity index is 1.65. The average molecular weight is 365 g/mol. The molecule has 3 rings (SSSR count). The van der Waals surface area contributed by atoms with Gasteiger partial charge >= 0.3 is 0 Å². The van der Waals surface area contributed by atoms with Crippen molar-refractivity contribution < 1.29 is 13.2 Å². The molecule has 0 saturated carbocycles. The zero-order chi connectivity index (χ0) is 17.9. The number of fused-ring (bicyclic) bond motifs is 1. The molecule has 25 heavy (non-hydrogen) atoms. The summed E-state index contributed by atoms with van der Waals surface area (Å²) in [5.74, 6) is 0.635. The first-order valence-corrected chi connectivity index (χ1v) is 10.5. The first-order valence-electron chi connectivity index (χ1n) is 9.03. The van der Waals surface area contributed by atoms with Crippen molar-refractivity contribution >= 4 is 15.9 Å². The zero-order valence-corrected chi connectivity index (χ0v) is 15.6. The highest BCUT2D eigenvalue weighted by Crippen LogP contribution is 2.21. The third-order valence-electron chi connectivity index (χ3n) is 5.24. The first-order chi connectivity index (χ1) is 12.0. The quantitative estimate of drug-likeness (QED) is 0.813. The van der Waals surface area contributed by atoms with Crippen LogP contribution in [0.1, 0.15) is 30.9 Å². The Hall–Kier alpha value is -1.44. The van der Waals surface area contributed by atoms with E-state index in [9.17, 15) is 13.2 Å². The molecule has 7 heteroatoms. The van der Waals surface area contributed by atoms with E-state index in [1.807, 2.05) is 11.0 Å². The second-order valence-electron chi connectivity index (χ2n) is 6.98. The molecule has 2 heterocycles. The maximum absolute atomic E-state index is 12.6. The van der Waals surface area contributed by atoms with Gasteiger partial charge in [0, 0.05) is 26.6 Å². The highest BCUT2D eigenvalue weighted by Gasteiger charge is 2.20. The number of rotatable bonds is 5. The molecule has 0 bridgehead atoms. The maximum atomic E-state index is 12.6. The molecule has 0 aromatic heterocycles. The molecule has 0 radical (unpaired) electrons. The Labute approximate surface area is 150 Å². The van der Waals surface area contributed by atoms with Crippen LogP contribution in [0, 0.1) is 5.92 Å². The van der Waals surface area contributed by atoms with Crippen molar-refractivity contribution in [1.29, 1.82) is 0 Å². The summed E-state index contributed by atoms with van der Waals surface area (Å²) < 4.78 is 27.8. The van der Waals surface area contributed by atoms with E-state index in [0.717, 1.165) is 43.5 Å². The Morgan fingerprint density at radius 3 is 2.72 bits per heavy atom. The summed E-state index contributed by atoms with van der Waals surface area (Å²) >= 11 is 0. The number of benzene rings is 1. The number of nitrogens with zero attached hydrogens (tertiary/aromatic N) is 1. The van der Waals surface area contributed by atoms with E-state index in [0.29, 0.717) is 36.9 Å². The summed E-state index contributed by atoms with van der Waals surface area (Å²) in [4.78, 5) is 13.7. The maximum Gasteiger partial charge on any atom is 0.240 e. The highest BCUT2D eigenvalue weighted by molar-refractivity contribution is 7.89. The topological polar surface area (TPSA) is 78.5 Å². The summed E-state index contributed by atoms with van der Waals surface area (Å²) in [7, 11) is -3.48. The average Bonchev–Trinajstić information content (AvgIpc) is 2.99. The molecule has 2 aliphatic heterocycles. The van der Waals surface area contributed by atoms with Crippen LogP contribution in [0.25, 0.3) is 0 Å². The van der Waals surface area contributed by atoms with Crippen molar-refractivity contribution in [3.05, 3.63) is 29.3 Å². The van der Waals surface area contributed by atoms with E-state index in [-0.39, 0.29) is 5.91 Å². The third-order valence-corrected chi connectivity index (χ3v) is 6.70. The minimum Gasteiger partial charge on any atom is -0.342 e. The molecule has 1 aromatic carbocycles.